The number of piperidine rings is 1. The predicted molar refractivity (Wildman–Crippen MR) is 101 cm³/mol. The van der Waals surface area contributed by atoms with Gasteiger partial charge >= 0.3 is 0 Å². The molecule has 1 atom stereocenters. The van der Waals surface area contributed by atoms with Gasteiger partial charge in [0, 0.05) is 37.2 Å². The molecule has 0 radical (unpaired) electrons. The normalized spacial score (nSPS) is 19.9. The molecule has 6 heteroatoms. The number of rotatable bonds is 2. The Balaban J connectivity index is 1.29. The van der Waals surface area contributed by atoms with Crippen LogP contribution in [0.15, 0.2) is 42.6 Å². The van der Waals surface area contributed by atoms with Gasteiger partial charge in [-0.2, -0.15) is 0 Å². The fourth-order valence-electron chi connectivity index (χ4n) is 4.22. The van der Waals surface area contributed by atoms with Crippen LogP contribution in [0.3, 0.4) is 0 Å². The van der Waals surface area contributed by atoms with E-state index in [0.29, 0.717) is 5.92 Å². The van der Waals surface area contributed by atoms with Gasteiger partial charge < -0.3 is 9.64 Å². The molecule has 2 aromatic heterocycles. The Morgan fingerprint density at radius 2 is 2.00 bits per heavy atom. The lowest BCUT2D eigenvalue weighted by Gasteiger charge is -2.31. The molecule has 138 valence electrons. The Morgan fingerprint density at radius 1 is 1.15 bits per heavy atom. The van der Waals surface area contributed by atoms with Crippen LogP contribution in [0.1, 0.15) is 47.4 Å². The molecule has 3 aromatic rings. The molecule has 0 unspecified atom stereocenters. The van der Waals surface area contributed by atoms with Crippen LogP contribution in [0.5, 0.6) is 5.75 Å². The topological polar surface area (TPSA) is 59.7 Å². The first-order chi connectivity index (χ1) is 13.2. The molecule has 1 amide bonds. The minimum Gasteiger partial charge on any atom is -0.490 e. The summed E-state index contributed by atoms with van der Waals surface area (Å²) < 4.78 is 7.80. The predicted octanol–water partition coefficient (Wildman–Crippen LogP) is 3.07. The number of hydrogen-bond acceptors (Lipinski definition) is 4. The largest absolute Gasteiger partial charge is 0.490 e. The van der Waals surface area contributed by atoms with E-state index in [1.54, 1.807) is 0 Å². The second-order valence-electron chi connectivity index (χ2n) is 7.51. The highest BCUT2D eigenvalue weighted by atomic mass is 16.5. The molecule has 0 aliphatic carbocycles. The zero-order chi connectivity index (χ0) is 18.4. The van der Waals surface area contributed by atoms with Crippen LogP contribution in [0, 0.1) is 0 Å². The summed E-state index contributed by atoms with van der Waals surface area (Å²) in [6.07, 6.45) is 4.90. The first-order valence-electron chi connectivity index (χ1n) is 9.57. The number of amides is 1. The van der Waals surface area contributed by atoms with Gasteiger partial charge in [0.05, 0.1) is 0 Å². The molecule has 1 saturated heterocycles. The number of nitrogens with zero attached hydrogens (tertiary/aromatic N) is 4. The van der Waals surface area contributed by atoms with Gasteiger partial charge in [-0.3, -0.25) is 9.20 Å². The minimum absolute atomic E-state index is 0.113. The standard InChI is InChI=1S/C21H22N4O2/c1-14-12-17-13-16(5-6-18(17)27-14)21(26)24-10-7-15(8-11-24)20-23-22-19-4-2-3-9-25(19)20/h2-6,9,13-15H,7-8,10-12H2,1H3/t14-/m0/s1. The molecule has 27 heavy (non-hydrogen) atoms. The lowest BCUT2D eigenvalue weighted by molar-refractivity contribution is 0.0711. The maximum Gasteiger partial charge on any atom is 0.253 e. The number of aromatic nitrogens is 3. The van der Waals surface area contributed by atoms with Gasteiger partial charge in [0.15, 0.2) is 5.65 Å². The highest BCUT2D eigenvalue weighted by molar-refractivity contribution is 5.94. The van der Waals surface area contributed by atoms with E-state index in [-0.39, 0.29) is 12.0 Å². The number of pyridine rings is 1. The van der Waals surface area contributed by atoms with Crippen LogP contribution in [-0.4, -0.2) is 44.6 Å². The second kappa shape index (κ2) is 6.37. The zero-order valence-electron chi connectivity index (χ0n) is 15.3. The Hall–Kier alpha value is -2.89. The van der Waals surface area contributed by atoms with Crippen molar-refractivity contribution in [1.82, 2.24) is 19.5 Å². The van der Waals surface area contributed by atoms with Crippen molar-refractivity contribution < 1.29 is 9.53 Å². The molecule has 5 rings (SSSR count). The second-order valence-corrected chi connectivity index (χ2v) is 7.51. The van der Waals surface area contributed by atoms with Crippen LogP contribution in [0.25, 0.3) is 5.65 Å². The Labute approximate surface area is 157 Å². The third-order valence-electron chi connectivity index (χ3n) is 5.63. The van der Waals surface area contributed by atoms with Crippen molar-refractivity contribution in [3.63, 3.8) is 0 Å². The molecule has 6 nitrogen and oxygen atoms in total. The summed E-state index contributed by atoms with van der Waals surface area (Å²) in [4.78, 5) is 14.9. The van der Waals surface area contributed by atoms with Crippen LogP contribution < -0.4 is 4.74 Å². The Kier molecular flexibility index (Phi) is 3.85. The third kappa shape index (κ3) is 2.85. The average molecular weight is 362 g/mol. The van der Waals surface area contributed by atoms with E-state index in [9.17, 15) is 4.79 Å². The number of carbonyl (C=O) groups excluding carboxylic acids is 1. The van der Waals surface area contributed by atoms with Gasteiger partial charge in [-0.15, -0.1) is 10.2 Å². The quantitative estimate of drug-likeness (QED) is 0.703. The number of fused-ring (bicyclic) bond motifs is 2. The van der Waals surface area contributed by atoms with E-state index >= 15 is 0 Å². The van der Waals surface area contributed by atoms with Gasteiger partial charge in [0.25, 0.3) is 5.91 Å². The SMILES string of the molecule is C[C@H]1Cc2cc(C(=O)N3CCC(c4nnc5ccccn45)CC3)ccc2O1. The van der Waals surface area contributed by atoms with Crippen LogP contribution in [-0.2, 0) is 6.42 Å². The lowest BCUT2D eigenvalue weighted by Crippen LogP contribution is -2.38. The van der Waals surface area contributed by atoms with Crippen molar-refractivity contribution >= 4 is 11.6 Å². The van der Waals surface area contributed by atoms with E-state index in [1.807, 2.05) is 47.5 Å². The fourth-order valence-corrected chi connectivity index (χ4v) is 4.22. The molecular weight excluding hydrogens is 340 g/mol. The van der Waals surface area contributed by atoms with E-state index in [2.05, 4.69) is 21.5 Å². The van der Waals surface area contributed by atoms with Crippen LogP contribution >= 0.6 is 0 Å². The van der Waals surface area contributed by atoms with Crippen molar-refractivity contribution in [2.45, 2.75) is 38.2 Å². The maximum atomic E-state index is 12.9. The molecule has 2 aliphatic rings. The van der Waals surface area contributed by atoms with E-state index < -0.39 is 0 Å². The zero-order valence-corrected chi connectivity index (χ0v) is 15.3. The molecule has 1 aromatic carbocycles. The van der Waals surface area contributed by atoms with Crippen LogP contribution in [0.4, 0.5) is 0 Å². The third-order valence-corrected chi connectivity index (χ3v) is 5.63. The van der Waals surface area contributed by atoms with Crippen molar-refractivity contribution in [2.75, 3.05) is 13.1 Å². The van der Waals surface area contributed by atoms with Gasteiger partial charge in [-0.1, -0.05) is 6.07 Å². The highest BCUT2D eigenvalue weighted by Crippen LogP contribution is 2.31. The maximum absolute atomic E-state index is 12.9. The van der Waals surface area contributed by atoms with Gasteiger partial charge in [-0.05, 0) is 55.7 Å². The summed E-state index contributed by atoms with van der Waals surface area (Å²) in [6, 6.07) is 11.7. The molecule has 4 heterocycles. The summed E-state index contributed by atoms with van der Waals surface area (Å²) in [5.41, 5.74) is 2.77. The van der Waals surface area contributed by atoms with Crippen molar-refractivity contribution in [1.29, 1.82) is 0 Å². The summed E-state index contributed by atoms with van der Waals surface area (Å²) in [7, 11) is 0. The summed E-state index contributed by atoms with van der Waals surface area (Å²) >= 11 is 0. The number of ether oxygens (including phenoxy) is 1. The Morgan fingerprint density at radius 3 is 2.85 bits per heavy atom. The smallest absolute Gasteiger partial charge is 0.253 e. The van der Waals surface area contributed by atoms with Crippen LogP contribution in [0.2, 0.25) is 0 Å². The minimum atomic E-state index is 0.113. The number of carbonyl (C=O) groups is 1. The first-order valence-corrected chi connectivity index (χ1v) is 9.57. The highest BCUT2D eigenvalue weighted by Gasteiger charge is 2.28. The van der Waals surface area contributed by atoms with Gasteiger partial charge in [0.2, 0.25) is 0 Å². The summed E-state index contributed by atoms with van der Waals surface area (Å²) in [6.45, 7) is 3.55. The Bertz CT molecular complexity index is 1000. The molecule has 2 aliphatic heterocycles. The lowest BCUT2D eigenvalue weighted by atomic mass is 9.95. The summed E-state index contributed by atoms with van der Waals surface area (Å²) in [5, 5.41) is 8.64. The monoisotopic (exact) mass is 362 g/mol. The number of likely N-dealkylation sites (tertiary alicyclic amines) is 1. The van der Waals surface area contributed by atoms with Crippen molar-refractivity contribution in [3.8, 4) is 5.75 Å². The van der Waals surface area contributed by atoms with E-state index in [1.165, 1.54) is 0 Å². The number of benzene rings is 1. The van der Waals surface area contributed by atoms with Gasteiger partial charge in [0.1, 0.15) is 17.7 Å². The first kappa shape index (κ1) is 16.3. The number of hydrogen-bond donors (Lipinski definition) is 0. The molecule has 1 fully saturated rings. The van der Waals surface area contributed by atoms with E-state index in [4.69, 9.17) is 4.74 Å². The van der Waals surface area contributed by atoms with Gasteiger partial charge in [-0.25, -0.2) is 0 Å². The van der Waals surface area contributed by atoms with Crippen molar-refractivity contribution in [3.05, 3.63) is 59.5 Å². The average Bonchev–Trinajstić information content (AvgIpc) is 3.29. The molecule has 0 saturated carbocycles. The van der Waals surface area contributed by atoms with E-state index in [0.717, 1.165) is 60.7 Å². The summed E-state index contributed by atoms with van der Waals surface area (Å²) in [5.74, 6) is 2.36. The molecule has 0 bridgehead atoms. The molecule has 0 spiro atoms. The van der Waals surface area contributed by atoms with Crippen molar-refractivity contribution in [2.24, 2.45) is 0 Å². The molecule has 0 N–H and O–H groups in total. The molecular formula is C21H22N4O2. The fraction of sp³-hybridized carbons (Fsp3) is 0.381.